The van der Waals surface area contributed by atoms with Gasteiger partial charge in [-0.05, 0) is 28.8 Å². The maximum Gasteiger partial charge on any atom is 0.226 e. The van der Waals surface area contributed by atoms with Gasteiger partial charge in [-0.3, -0.25) is 4.79 Å². The van der Waals surface area contributed by atoms with Gasteiger partial charge in [-0.25, -0.2) is 4.98 Å². The molecule has 1 amide bonds. The largest absolute Gasteiger partial charge is 0.302 e. The van der Waals surface area contributed by atoms with E-state index in [1.54, 1.807) is 17.5 Å². The van der Waals surface area contributed by atoms with Crippen LogP contribution in [0.4, 0.5) is 5.13 Å². The van der Waals surface area contributed by atoms with Gasteiger partial charge in [0.2, 0.25) is 5.91 Å². The Morgan fingerprint density at radius 3 is 3.07 bits per heavy atom. The van der Waals surface area contributed by atoms with Crippen molar-refractivity contribution < 1.29 is 4.79 Å². The topological polar surface area (TPSA) is 42.0 Å². The first kappa shape index (κ1) is 10.3. The molecular formula is C10H10N2OS2. The van der Waals surface area contributed by atoms with E-state index >= 15 is 0 Å². The van der Waals surface area contributed by atoms with Crippen molar-refractivity contribution >= 4 is 33.7 Å². The Kier molecular flexibility index (Phi) is 3.47. The summed E-state index contributed by atoms with van der Waals surface area (Å²) in [6.45, 7) is 0. The SMILES string of the molecule is O=C(CCc1ccsc1)Nc1nccs1. The highest BCUT2D eigenvalue weighted by atomic mass is 32.1. The van der Waals surface area contributed by atoms with Crippen LogP contribution in [0.25, 0.3) is 0 Å². The summed E-state index contributed by atoms with van der Waals surface area (Å²) in [7, 11) is 0. The summed E-state index contributed by atoms with van der Waals surface area (Å²) >= 11 is 3.09. The van der Waals surface area contributed by atoms with E-state index in [0.29, 0.717) is 11.6 Å². The third kappa shape index (κ3) is 3.14. The average Bonchev–Trinajstić information content (AvgIpc) is 2.86. The molecule has 2 heterocycles. The lowest BCUT2D eigenvalue weighted by Crippen LogP contribution is -2.11. The molecule has 0 saturated carbocycles. The predicted molar refractivity (Wildman–Crippen MR) is 63.4 cm³/mol. The van der Waals surface area contributed by atoms with Gasteiger partial charge in [0.15, 0.2) is 5.13 Å². The summed E-state index contributed by atoms with van der Waals surface area (Å²) in [6, 6.07) is 2.04. The van der Waals surface area contributed by atoms with Gasteiger partial charge in [-0.2, -0.15) is 11.3 Å². The van der Waals surface area contributed by atoms with Crippen LogP contribution in [0.1, 0.15) is 12.0 Å². The zero-order chi connectivity index (χ0) is 10.5. The molecule has 0 bridgehead atoms. The lowest BCUT2D eigenvalue weighted by Gasteiger charge is -1.99. The lowest BCUT2D eigenvalue weighted by atomic mass is 10.2. The molecule has 0 aromatic carbocycles. The van der Waals surface area contributed by atoms with Gasteiger partial charge in [0.1, 0.15) is 0 Å². The smallest absolute Gasteiger partial charge is 0.226 e. The molecule has 0 aliphatic heterocycles. The number of nitrogens with zero attached hydrogens (tertiary/aromatic N) is 1. The number of carbonyl (C=O) groups is 1. The molecule has 0 aliphatic rings. The lowest BCUT2D eigenvalue weighted by molar-refractivity contribution is -0.116. The maximum absolute atomic E-state index is 11.5. The Morgan fingerprint density at radius 2 is 2.40 bits per heavy atom. The van der Waals surface area contributed by atoms with E-state index < -0.39 is 0 Å². The molecule has 15 heavy (non-hydrogen) atoms. The molecular weight excluding hydrogens is 228 g/mol. The van der Waals surface area contributed by atoms with E-state index in [1.165, 1.54) is 16.9 Å². The van der Waals surface area contributed by atoms with E-state index in [0.717, 1.165) is 6.42 Å². The van der Waals surface area contributed by atoms with Crippen molar-refractivity contribution in [2.75, 3.05) is 5.32 Å². The van der Waals surface area contributed by atoms with Gasteiger partial charge >= 0.3 is 0 Å². The second-order valence-electron chi connectivity index (χ2n) is 3.02. The number of carbonyl (C=O) groups excluding carboxylic acids is 1. The fraction of sp³-hybridized carbons (Fsp3) is 0.200. The molecule has 2 rings (SSSR count). The van der Waals surface area contributed by atoms with Crippen molar-refractivity contribution in [1.29, 1.82) is 0 Å². The van der Waals surface area contributed by atoms with Crippen molar-refractivity contribution in [3.8, 4) is 0 Å². The number of aromatic nitrogens is 1. The van der Waals surface area contributed by atoms with Crippen molar-refractivity contribution in [2.45, 2.75) is 12.8 Å². The number of nitrogens with one attached hydrogen (secondary N) is 1. The number of thiophene rings is 1. The fourth-order valence-corrected chi connectivity index (χ4v) is 2.41. The van der Waals surface area contributed by atoms with Crippen LogP contribution < -0.4 is 5.32 Å². The third-order valence-electron chi connectivity index (χ3n) is 1.90. The van der Waals surface area contributed by atoms with Crippen LogP contribution in [0.3, 0.4) is 0 Å². The highest BCUT2D eigenvalue weighted by molar-refractivity contribution is 7.13. The Balaban J connectivity index is 1.78. The second-order valence-corrected chi connectivity index (χ2v) is 4.69. The number of amides is 1. The molecule has 0 radical (unpaired) electrons. The number of hydrogen-bond donors (Lipinski definition) is 1. The molecule has 1 N–H and O–H groups in total. The van der Waals surface area contributed by atoms with Gasteiger partial charge in [0.05, 0.1) is 0 Å². The first-order valence-corrected chi connectivity index (χ1v) is 6.37. The molecule has 0 aliphatic carbocycles. The molecule has 0 saturated heterocycles. The zero-order valence-corrected chi connectivity index (χ0v) is 9.61. The van der Waals surface area contributed by atoms with Crippen LogP contribution in [-0.4, -0.2) is 10.9 Å². The van der Waals surface area contributed by atoms with Gasteiger partial charge in [0, 0.05) is 18.0 Å². The van der Waals surface area contributed by atoms with E-state index in [9.17, 15) is 4.79 Å². The van der Waals surface area contributed by atoms with Crippen LogP contribution in [0.5, 0.6) is 0 Å². The predicted octanol–water partition coefficient (Wildman–Crippen LogP) is 2.78. The highest BCUT2D eigenvalue weighted by Crippen LogP contribution is 2.12. The van der Waals surface area contributed by atoms with Crippen LogP contribution in [0.2, 0.25) is 0 Å². The number of anilines is 1. The normalized spacial score (nSPS) is 10.1. The van der Waals surface area contributed by atoms with Crippen LogP contribution >= 0.6 is 22.7 Å². The van der Waals surface area contributed by atoms with E-state index in [4.69, 9.17) is 0 Å². The second kappa shape index (κ2) is 5.04. The van der Waals surface area contributed by atoms with E-state index in [1.807, 2.05) is 16.8 Å². The minimum Gasteiger partial charge on any atom is -0.302 e. The van der Waals surface area contributed by atoms with E-state index in [-0.39, 0.29) is 5.91 Å². The van der Waals surface area contributed by atoms with Crippen LogP contribution in [0.15, 0.2) is 28.4 Å². The Morgan fingerprint density at radius 1 is 1.47 bits per heavy atom. The van der Waals surface area contributed by atoms with Gasteiger partial charge < -0.3 is 5.32 Å². The van der Waals surface area contributed by atoms with Crippen molar-refractivity contribution in [1.82, 2.24) is 4.98 Å². The zero-order valence-electron chi connectivity index (χ0n) is 7.97. The maximum atomic E-state index is 11.5. The number of rotatable bonds is 4. The first-order valence-electron chi connectivity index (χ1n) is 4.55. The summed E-state index contributed by atoms with van der Waals surface area (Å²) in [4.78, 5) is 15.5. The van der Waals surface area contributed by atoms with Gasteiger partial charge in [-0.1, -0.05) is 0 Å². The highest BCUT2D eigenvalue weighted by Gasteiger charge is 2.04. The first-order chi connectivity index (χ1) is 7.34. The minimum atomic E-state index is 0.0242. The fourth-order valence-electron chi connectivity index (χ4n) is 1.16. The summed E-state index contributed by atoms with van der Waals surface area (Å²) in [5.74, 6) is 0.0242. The standard InChI is InChI=1S/C10H10N2OS2/c13-9(12-10-11-4-6-15-10)2-1-8-3-5-14-7-8/h3-7H,1-2H2,(H,11,12,13). The quantitative estimate of drug-likeness (QED) is 0.890. The van der Waals surface area contributed by atoms with Gasteiger partial charge in [-0.15, -0.1) is 11.3 Å². The Hall–Kier alpha value is -1.20. The molecule has 0 fully saturated rings. The molecule has 3 nitrogen and oxygen atoms in total. The van der Waals surface area contributed by atoms with Crippen molar-refractivity contribution in [2.24, 2.45) is 0 Å². The van der Waals surface area contributed by atoms with Crippen molar-refractivity contribution in [3.05, 3.63) is 34.0 Å². The monoisotopic (exact) mass is 238 g/mol. The van der Waals surface area contributed by atoms with Crippen molar-refractivity contribution in [3.63, 3.8) is 0 Å². The molecule has 2 aromatic rings. The number of aryl methyl sites for hydroxylation is 1. The number of thiazole rings is 1. The van der Waals surface area contributed by atoms with Crippen LogP contribution in [0, 0.1) is 0 Å². The van der Waals surface area contributed by atoms with Gasteiger partial charge in [0.25, 0.3) is 0 Å². The summed E-state index contributed by atoms with van der Waals surface area (Å²) in [5, 5.41) is 9.36. The summed E-state index contributed by atoms with van der Waals surface area (Å²) in [5.41, 5.74) is 1.22. The number of hydrogen-bond acceptors (Lipinski definition) is 4. The average molecular weight is 238 g/mol. The summed E-state index contributed by atoms with van der Waals surface area (Å²) in [6.07, 6.45) is 2.98. The molecule has 0 spiro atoms. The molecule has 78 valence electrons. The molecule has 0 unspecified atom stereocenters. The van der Waals surface area contributed by atoms with Crippen LogP contribution in [-0.2, 0) is 11.2 Å². The molecule has 0 atom stereocenters. The summed E-state index contributed by atoms with van der Waals surface area (Å²) < 4.78 is 0. The Labute approximate surface area is 95.8 Å². The molecule has 2 aromatic heterocycles. The minimum absolute atomic E-state index is 0.0242. The van der Waals surface area contributed by atoms with E-state index in [2.05, 4.69) is 15.7 Å². The third-order valence-corrected chi connectivity index (χ3v) is 3.32. The molecule has 5 heteroatoms. The Bertz CT molecular complexity index is 409.